The zero-order valence-corrected chi connectivity index (χ0v) is 20.6. The minimum Gasteiger partial charge on any atom is -0.379 e. The standard InChI is InChI=1S/C26H54O4/c1-3-5-7-9-10-11-12-13-14-16-18-20-28-22-24-30-26-25-29-23-21-27-19-17-15-8-6-4-2/h3-26H2,1-2H3. The lowest BCUT2D eigenvalue weighted by Gasteiger charge is -2.07. The third-order valence-electron chi connectivity index (χ3n) is 5.40. The van der Waals surface area contributed by atoms with Gasteiger partial charge in [-0.1, -0.05) is 104 Å². The Labute approximate surface area is 188 Å². The van der Waals surface area contributed by atoms with Gasteiger partial charge in [-0.15, -0.1) is 0 Å². The molecule has 0 radical (unpaired) electrons. The Hall–Kier alpha value is -0.160. The Morgan fingerprint density at radius 1 is 0.267 bits per heavy atom. The molecule has 0 aromatic rings. The van der Waals surface area contributed by atoms with Gasteiger partial charge in [-0.05, 0) is 12.8 Å². The first-order chi connectivity index (χ1) is 14.9. The minimum atomic E-state index is 0.637. The first kappa shape index (κ1) is 29.8. The van der Waals surface area contributed by atoms with Crippen LogP contribution in [-0.4, -0.2) is 52.9 Å². The topological polar surface area (TPSA) is 36.9 Å². The van der Waals surface area contributed by atoms with Crippen molar-refractivity contribution in [3.63, 3.8) is 0 Å². The van der Waals surface area contributed by atoms with Crippen LogP contribution in [0.1, 0.15) is 117 Å². The van der Waals surface area contributed by atoms with Crippen LogP contribution in [0.3, 0.4) is 0 Å². The highest BCUT2D eigenvalue weighted by atomic mass is 16.6. The molecule has 0 saturated carbocycles. The lowest BCUT2D eigenvalue weighted by atomic mass is 10.1. The van der Waals surface area contributed by atoms with Gasteiger partial charge < -0.3 is 18.9 Å². The van der Waals surface area contributed by atoms with Gasteiger partial charge in [0.1, 0.15) is 0 Å². The maximum Gasteiger partial charge on any atom is 0.0701 e. The van der Waals surface area contributed by atoms with E-state index in [4.69, 9.17) is 18.9 Å². The fourth-order valence-corrected chi connectivity index (χ4v) is 3.44. The average Bonchev–Trinajstić information content (AvgIpc) is 2.76. The zero-order valence-electron chi connectivity index (χ0n) is 20.6. The van der Waals surface area contributed by atoms with Crippen molar-refractivity contribution in [1.29, 1.82) is 0 Å². The summed E-state index contributed by atoms with van der Waals surface area (Å²) in [6.07, 6.45) is 21.5. The molecule has 0 aromatic carbocycles. The third kappa shape index (κ3) is 27.8. The summed E-state index contributed by atoms with van der Waals surface area (Å²) < 4.78 is 22.2. The van der Waals surface area contributed by atoms with E-state index in [0.29, 0.717) is 39.6 Å². The van der Waals surface area contributed by atoms with Gasteiger partial charge in [-0.25, -0.2) is 0 Å². The largest absolute Gasteiger partial charge is 0.379 e. The second-order valence-corrected chi connectivity index (χ2v) is 8.40. The van der Waals surface area contributed by atoms with Crippen molar-refractivity contribution in [2.24, 2.45) is 0 Å². The van der Waals surface area contributed by atoms with E-state index in [9.17, 15) is 0 Å². The van der Waals surface area contributed by atoms with Crippen molar-refractivity contribution in [2.75, 3.05) is 52.9 Å². The van der Waals surface area contributed by atoms with E-state index < -0.39 is 0 Å². The molecule has 0 rings (SSSR count). The van der Waals surface area contributed by atoms with Crippen LogP contribution >= 0.6 is 0 Å². The summed E-state index contributed by atoms with van der Waals surface area (Å²) in [4.78, 5) is 0. The Kier molecular flexibility index (Phi) is 28.7. The number of hydrogen-bond acceptors (Lipinski definition) is 4. The van der Waals surface area contributed by atoms with Crippen molar-refractivity contribution in [2.45, 2.75) is 117 Å². The van der Waals surface area contributed by atoms with Crippen molar-refractivity contribution >= 4 is 0 Å². The smallest absolute Gasteiger partial charge is 0.0701 e. The molecule has 4 nitrogen and oxygen atoms in total. The van der Waals surface area contributed by atoms with Gasteiger partial charge in [0.25, 0.3) is 0 Å². The third-order valence-corrected chi connectivity index (χ3v) is 5.40. The minimum absolute atomic E-state index is 0.637. The van der Waals surface area contributed by atoms with E-state index in [-0.39, 0.29) is 0 Å². The maximum absolute atomic E-state index is 5.64. The van der Waals surface area contributed by atoms with Gasteiger partial charge in [0.15, 0.2) is 0 Å². The predicted molar refractivity (Wildman–Crippen MR) is 128 cm³/mol. The first-order valence-electron chi connectivity index (χ1n) is 13.2. The SMILES string of the molecule is CCCCCCCCCCCCCOCCOCCOCCOCCCCCCC. The molecule has 0 amide bonds. The van der Waals surface area contributed by atoms with Gasteiger partial charge in [-0.3, -0.25) is 0 Å². The Bertz CT molecular complexity index is 258. The molecule has 0 fully saturated rings. The predicted octanol–water partition coefficient (Wildman–Crippen LogP) is 7.33. The number of ether oxygens (including phenoxy) is 4. The van der Waals surface area contributed by atoms with E-state index in [1.54, 1.807) is 0 Å². The molecular formula is C26H54O4. The van der Waals surface area contributed by atoms with Gasteiger partial charge in [-0.2, -0.15) is 0 Å². The van der Waals surface area contributed by atoms with E-state index in [0.717, 1.165) is 13.2 Å². The molecule has 0 unspecified atom stereocenters. The summed E-state index contributed by atoms with van der Waals surface area (Å²) in [7, 11) is 0. The number of hydrogen-bond donors (Lipinski definition) is 0. The quantitative estimate of drug-likeness (QED) is 0.128. The highest BCUT2D eigenvalue weighted by Crippen LogP contribution is 2.11. The lowest BCUT2D eigenvalue weighted by molar-refractivity contribution is -0.00248. The molecule has 4 heteroatoms. The van der Waals surface area contributed by atoms with Crippen LogP contribution in [0.5, 0.6) is 0 Å². The summed E-state index contributed by atoms with van der Waals surface area (Å²) in [5.41, 5.74) is 0. The van der Waals surface area contributed by atoms with E-state index in [1.165, 1.54) is 103 Å². The summed E-state index contributed by atoms with van der Waals surface area (Å²) in [5, 5.41) is 0. The number of rotatable bonds is 27. The molecule has 30 heavy (non-hydrogen) atoms. The monoisotopic (exact) mass is 430 g/mol. The van der Waals surface area contributed by atoms with Crippen LogP contribution in [0, 0.1) is 0 Å². The van der Waals surface area contributed by atoms with Crippen molar-refractivity contribution in [1.82, 2.24) is 0 Å². The number of unbranched alkanes of at least 4 members (excludes halogenated alkanes) is 14. The van der Waals surface area contributed by atoms with Crippen LogP contribution in [-0.2, 0) is 18.9 Å². The second-order valence-electron chi connectivity index (χ2n) is 8.40. The molecule has 0 spiro atoms. The highest BCUT2D eigenvalue weighted by molar-refractivity contribution is 4.48. The van der Waals surface area contributed by atoms with Gasteiger partial charge >= 0.3 is 0 Å². The maximum atomic E-state index is 5.64. The Morgan fingerprint density at radius 3 is 0.800 bits per heavy atom. The molecule has 0 heterocycles. The van der Waals surface area contributed by atoms with Gasteiger partial charge in [0.05, 0.1) is 39.6 Å². The molecule has 0 atom stereocenters. The van der Waals surface area contributed by atoms with Gasteiger partial charge in [0, 0.05) is 13.2 Å². The van der Waals surface area contributed by atoms with Crippen LogP contribution < -0.4 is 0 Å². The molecule has 0 bridgehead atoms. The normalized spacial score (nSPS) is 11.4. The van der Waals surface area contributed by atoms with Crippen molar-refractivity contribution < 1.29 is 18.9 Å². The van der Waals surface area contributed by atoms with E-state index in [1.807, 2.05) is 0 Å². The van der Waals surface area contributed by atoms with E-state index >= 15 is 0 Å². The molecule has 0 aliphatic heterocycles. The fourth-order valence-electron chi connectivity index (χ4n) is 3.44. The summed E-state index contributed by atoms with van der Waals surface area (Å²) in [5.74, 6) is 0. The average molecular weight is 431 g/mol. The van der Waals surface area contributed by atoms with E-state index in [2.05, 4.69) is 13.8 Å². The molecule has 0 aliphatic rings. The first-order valence-corrected chi connectivity index (χ1v) is 13.2. The van der Waals surface area contributed by atoms with Crippen LogP contribution in [0.15, 0.2) is 0 Å². The van der Waals surface area contributed by atoms with Crippen LogP contribution in [0.4, 0.5) is 0 Å². The molecule has 0 aliphatic carbocycles. The van der Waals surface area contributed by atoms with Crippen molar-refractivity contribution in [3.05, 3.63) is 0 Å². The molecule has 0 N–H and O–H groups in total. The lowest BCUT2D eigenvalue weighted by Crippen LogP contribution is -2.12. The molecule has 0 aromatic heterocycles. The Morgan fingerprint density at radius 2 is 0.500 bits per heavy atom. The van der Waals surface area contributed by atoms with Crippen LogP contribution in [0.25, 0.3) is 0 Å². The molecule has 182 valence electrons. The van der Waals surface area contributed by atoms with Crippen molar-refractivity contribution in [3.8, 4) is 0 Å². The molecular weight excluding hydrogens is 376 g/mol. The second kappa shape index (κ2) is 28.8. The summed E-state index contributed by atoms with van der Waals surface area (Å²) in [6.45, 7) is 10.2. The summed E-state index contributed by atoms with van der Waals surface area (Å²) >= 11 is 0. The Balaban J connectivity index is 2.97. The molecule has 0 saturated heterocycles. The van der Waals surface area contributed by atoms with Crippen LogP contribution in [0.2, 0.25) is 0 Å². The fraction of sp³-hybridized carbons (Fsp3) is 1.00. The highest BCUT2D eigenvalue weighted by Gasteiger charge is 1.95. The zero-order chi connectivity index (χ0) is 21.8. The van der Waals surface area contributed by atoms with Gasteiger partial charge in [0.2, 0.25) is 0 Å². The summed E-state index contributed by atoms with van der Waals surface area (Å²) in [6, 6.07) is 0.